The van der Waals surface area contributed by atoms with E-state index in [1.807, 2.05) is 18.5 Å². The Morgan fingerprint density at radius 3 is 3.10 bits per heavy atom. The topological polar surface area (TPSA) is 34.0 Å². The number of rotatable bonds is 4. The van der Waals surface area contributed by atoms with E-state index in [1.54, 1.807) is 0 Å². The van der Waals surface area contributed by atoms with E-state index >= 15 is 0 Å². The highest BCUT2D eigenvalue weighted by Gasteiger charge is 2.20. The van der Waals surface area contributed by atoms with Crippen LogP contribution in [-0.4, -0.2) is 33.0 Å². The summed E-state index contributed by atoms with van der Waals surface area (Å²) in [4.78, 5) is 11.3. The van der Waals surface area contributed by atoms with Crippen molar-refractivity contribution in [3.8, 4) is 0 Å². The molecule has 3 rings (SSSR count). The lowest BCUT2D eigenvalue weighted by Gasteiger charge is -2.28. The van der Waals surface area contributed by atoms with Gasteiger partial charge >= 0.3 is 0 Å². The predicted molar refractivity (Wildman–Crippen MR) is 79.3 cm³/mol. The first kappa shape index (κ1) is 13.3. The molecule has 1 aliphatic heterocycles. The van der Waals surface area contributed by atoms with Crippen molar-refractivity contribution in [2.45, 2.75) is 32.9 Å². The SMILES string of the molecule is Cc1cccnc1CN(C)CC1CCc2nccn2C1. The van der Waals surface area contributed by atoms with Crippen molar-refractivity contribution in [1.82, 2.24) is 19.4 Å². The summed E-state index contributed by atoms with van der Waals surface area (Å²) in [5.74, 6) is 1.95. The molecule has 2 aromatic rings. The lowest BCUT2D eigenvalue weighted by Crippen LogP contribution is -2.31. The van der Waals surface area contributed by atoms with Crippen LogP contribution in [-0.2, 0) is 19.5 Å². The van der Waals surface area contributed by atoms with E-state index in [-0.39, 0.29) is 0 Å². The van der Waals surface area contributed by atoms with Crippen LogP contribution in [0.5, 0.6) is 0 Å². The van der Waals surface area contributed by atoms with E-state index < -0.39 is 0 Å². The molecule has 4 nitrogen and oxygen atoms in total. The fraction of sp³-hybridized carbons (Fsp3) is 0.500. The van der Waals surface area contributed by atoms with Crippen LogP contribution in [0.1, 0.15) is 23.5 Å². The number of hydrogen-bond donors (Lipinski definition) is 0. The molecule has 1 aliphatic rings. The standard InChI is InChI=1S/C16H22N4/c1-13-4-3-7-17-15(13)12-19(2)10-14-5-6-16-18-8-9-20(16)11-14/h3-4,7-9,14H,5-6,10-12H2,1-2H3. The Morgan fingerprint density at radius 1 is 1.35 bits per heavy atom. The third-order valence-corrected chi connectivity index (χ3v) is 4.14. The summed E-state index contributed by atoms with van der Waals surface area (Å²) in [5.41, 5.74) is 2.47. The van der Waals surface area contributed by atoms with Crippen molar-refractivity contribution >= 4 is 0 Å². The Bertz CT molecular complexity index is 575. The van der Waals surface area contributed by atoms with E-state index in [2.05, 4.69) is 45.7 Å². The monoisotopic (exact) mass is 270 g/mol. The molecule has 0 saturated heterocycles. The van der Waals surface area contributed by atoms with Gasteiger partial charge in [-0.3, -0.25) is 4.98 Å². The molecule has 0 fully saturated rings. The zero-order valence-electron chi connectivity index (χ0n) is 12.3. The summed E-state index contributed by atoms with van der Waals surface area (Å²) in [6.45, 7) is 5.28. The number of fused-ring (bicyclic) bond motifs is 1. The molecular weight excluding hydrogens is 248 g/mol. The maximum atomic E-state index is 4.48. The second-order valence-electron chi connectivity index (χ2n) is 5.86. The van der Waals surface area contributed by atoms with Crippen LogP contribution in [0.4, 0.5) is 0 Å². The van der Waals surface area contributed by atoms with Crippen molar-refractivity contribution in [2.75, 3.05) is 13.6 Å². The summed E-state index contributed by atoms with van der Waals surface area (Å²) in [6, 6.07) is 4.13. The molecule has 20 heavy (non-hydrogen) atoms. The first-order valence-electron chi connectivity index (χ1n) is 7.31. The van der Waals surface area contributed by atoms with Crippen LogP contribution in [0, 0.1) is 12.8 Å². The molecule has 0 N–H and O–H groups in total. The number of nitrogens with zero attached hydrogens (tertiary/aromatic N) is 4. The molecule has 0 saturated carbocycles. The molecular formula is C16H22N4. The summed E-state index contributed by atoms with van der Waals surface area (Å²) >= 11 is 0. The van der Waals surface area contributed by atoms with Crippen LogP contribution in [0.3, 0.4) is 0 Å². The van der Waals surface area contributed by atoms with Crippen LogP contribution >= 0.6 is 0 Å². The van der Waals surface area contributed by atoms with Gasteiger partial charge in [0.1, 0.15) is 5.82 Å². The highest BCUT2D eigenvalue weighted by atomic mass is 15.1. The second-order valence-corrected chi connectivity index (χ2v) is 5.86. The maximum absolute atomic E-state index is 4.48. The van der Waals surface area contributed by atoms with Crippen LogP contribution < -0.4 is 0 Å². The normalized spacial score (nSPS) is 18.2. The van der Waals surface area contributed by atoms with Gasteiger partial charge in [0, 0.05) is 44.6 Å². The first-order valence-corrected chi connectivity index (χ1v) is 7.31. The molecule has 4 heteroatoms. The smallest absolute Gasteiger partial charge is 0.108 e. The van der Waals surface area contributed by atoms with E-state index in [0.717, 1.165) is 26.1 Å². The highest BCUT2D eigenvalue weighted by molar-refractivity contribution is 5.17. The fourth-order valence-electron chi connectivity index (χ4n) is 3.03. The molecule has 2 aromatic heterocycles. The number of pyridine rings is 1. The Hall–Kier alpha value is -1.68. The van der Waals surface area contributed by atoms with Gasteiger partial charge in [0.05, 0.1) is 5.69 Å². The van der Waals surface area contributed by atoms with Gasteiger partial charge in [-0.2, -0.15) is 0 Å². The molecule has 106 valence electrons. The third-order valence-electron chi connectivity index (χ3n) is 4.14. The molecule has 0 aromatic carbocycles. The lowest BCUT2D eigenvalue weighted by molar-refractivity contribution is 0.227. The zero-order valence-corrected chi connectivity index (χ0v) is 12.3. The van der Waals surface area contributed by atoms with Crippen molar-refractivity contribution < 1.29 is 0 Å². The summed E-state index contributed by atoms with van der Waals surface area (Å²) in [5, 5.41) is 0. The van der Waals surface area contributed by atoms with Gasteiger partial charge in [-0.1, -0.05) is 6.07 Å². The molecule has 0 spiro atoms. The van der Waals surface area contributed by atoms with Crippen molar-refractivity contribution in [1.29, 1.82) is 0 Å². The average molecular weight is 270 g/mol. The molecule has 0 radical (unpaired) electrons. The summed E-state index contributed by atoms with van der Waals surface area (Å²) < 4.78 is 2.30. The Kier molecular flexibility index (Phi) is 3.83. The van der Waals surface area contributed by atoms with Gasteiger partial charge < -0.3 is 9.47 Å². The van der Waals surface area contributed by atoms with Crippen LogP contribution in [0.2, 0.25) is 0 Å². The Morgan fingerprint density at radius 2 is 2.25 bits per heavy atom. The number of aryl methyl sites for hydroxylation is 2. The van der Waals surface area contributed by atoms with E-state index in [1.165, 1.54) is 23.5 Å². The third kappa shape index (κ3) is 2.90. The Balaban J connectivity index is 1.58. The van der Waals surface area contributed by atoms with E-state index in [0.29, 0.717) is 5.92 Å². The van der Waals surface area contributed by atoms with Crippen molar-refractivity contribution in [2.24, 2.45) is 5.92 Å². The largest absolute Gasteiger partial charge is 0.335 e. The minimum absolute atomic E-state index is 0.714. The minimum Gasteiger partial charge on any atom is -0.335 e. The second kappa shape index (κ2) is 5.75. The predicted octanol–water partition coefficient (Wildman–Crippen LogP) is 2.28. The van der Waals surface area contributed by atoms with Crippen LogP contribution in [0.25, 0.3) is 0 Å². The highest BCUT2D eigenvalue weighted by Crippen LogP contribution is 2.20. The van der Waals surface area contributed by atoms with Gasteiger partial charge in [0.2, 0.25) is 0 Å². The van der Waals surface area contributed by atoms with Crippen LogP contribution in [0.15, 0.2) is 30.7 Å². The fourth-order valence-corrected chi connectivity index (χ4v) is 3.03. The molecule has 0 aliphatic carbocycles. The van der Waals surface area contributed by atoms with Gasteiger partial charge in [0.25, 0.3) is 0 Å². The minimum atomic E-state index is 0.714. The van der Waals surface area contributed by atoms with Gasteiger partial charge in [0.15, 0.2) is 0 Å². The Labute approximate surface area is 120 Å². The van der Waals surface area contributed by atoms with E-state index in [9.17, 15) is 0 Å². The molecule has 1 unspecified atom stereocenters. The average Bonchev–Trinajstić information content (AvgIpc) is 2.89. The molecule has 0 bridgehead atoms. The quantitative estimate of drug-likeness (QED) is 0.854. The summed E-state index contributed by atoms with van der Waals surface area (Å²) in [6.07, 6.45) is 8.24. The number of hydrogen-bond acceptors (Lipinski definition) is 3. The summed E-state index contributed by atoms with van der Waals surface area (Å²) in [7, 11) is 2.19. The lowest BCUT2D eigenvalue weighted by atomic mass is 9.99. The molecule has 0 amide bonds. The van der Waals surface area contributed by atoms with Crippen molar-refractivity contribution in [3.63, 3.8) is 0 Å². The van der Waals surface area contributed by atoms with Gasteiger partial charge in [-0.15, -0.1) is 0 Å². The van der Waals surface area contributed by atoms with Crippen molar-refractivity contribution in [3.05, 3.63) is 47.8 Å². The van der Waals surface area contributed by atoms with Gasteiger partial charge in [-0.05, 0) is 37.9 Å². The maximum Gasteiger partial charge on any atom is 0.108 e. The first-order chi connectivity index (χ1) is 9.72. The number of aromatic nitrogens is 3. The molecule has 3 heterocycles. The number of imidazole rings is 1. The van der Waals surface area contributed by atoms with E-state index in [4.69, 9.17) is 0 Å². The zero-order chi connectivity index (χ0) is 13.9. The van der Waals surface area contributed by atoms with Gasteiger partial charge in [-0.25, -0.2) is 4.98 Å². The molecule has 1 atom stereocenters.